The summed E-state index contributed by atoms with van der Waals surface area (Å²) in [5.74, 6) is 10.6. The molecule has 8 rings (SSSR count). The molecule has 11 heteroatoms. The molecule has 8 fully saturated rings. The quantitative estimate of drug-likeness (QED) is 0.0402. The molecule has 0 heterocycles. The number of carbonyl (C=O) groups excluding carboxylic acids is 3. The normalized spacial score (nSPS) is 41.7. The molecule has 0 unspecified atom stereocenters. The van der Waals surface area contributed by atoms with E-state index in [0.29, 0.717) is 112 Å². The fraction of sp³-hybridized carbons (Fsp3) is 0.897. The van der Waals surface area contributed by atoms with Crippen molar-refractivity contribution in [3.8, 4) is 12.1 Å². The lowest BCUT2D eigenvalue weighted by molar-refractivity contribution is -0.214. The molecule has 22 atom stereocenters. The van der Waals surface area contributed by atoms with E-state index < -0.39 is 7.60 Å². The van der Waals surface area contributed by atoms with Crippen LogP contribution < -0.4 is 0 Å². The molecule has 0 aromatic rings. The third-order valence-electron chi connectivity index (χ3n) is 24.5. The molecule has 0 amide bonds. The number of carbonyl (C=O) groups is 3. The van der Waals surface area contributed by atoms with Gasteiger partial charge in [0, 0.05) is 38.2 Å². The molecule has 0 aromatic carbocycles. The van der Waals surface area contributed by atoms with Crippen LogP contribution in [0.4, 0.5) is 0 Å². The predicted molar refractivity (Wildman–Crippen MR) is 317 cm³/mol. The molecule has 0 aromatic heterocycles. The molecule has 8 aliphatic rings. The maximum absolute atomic E-state index is 12.4. The SMILES string of the molecule is CCOP(=O)(CC#N)OCC.CC[C@H]1[C@@H](OC(C)=O)[C@@H]2[C@H](CC[C@]3(C)[C@@H]([C@H](C)CCC/C=C/C#N)CC[C@@H]23)[C@@]2(C)CC[C@@H](C)C[C@@H]12.CC[C@H]1[C@@H](OC(C)=O)[C@@H]2[C@H](CC[C@]3(C)[C@@H]([C@H](C)CCCC=O)CC[C@@H]23)[C@@]2(C)CC[C@@H](C)C[C@@H]12. The van der Waals surface area contributed by atoms with Crippen molar-refractivity contribution in [1.82, 2.24) is 0 Å². The molecule has 8 aliphatic carbocycles. The van der Waals surface area contributed by atoms with Crippen LogP contribution in [0.3, 0.4) is 0 Å². The lowest BCUT2D eigenvalue weighted by Gasteiger charge is -2.65. The van der Waals surface area contributed by atoms with Gasteiger partial charge in [-0.25, -0.2) is 0 Å². The highest BCUT2D eigenvalue weighted by Gasteiger charge is 2.68. The van der Waals surface area contributed by atoms with E-state index in [0.717, 1.165) is 55.6 Å². The van der Waals surface area contributed by atoms with Gasteiger partial charge < -0.3 is 23.3 Å². The first-order valence-electron chi connectivity index (χ1n) is 32.6. The van der Waals surface area contributed by atoms with Gasteiger partial charge in [0.05, 0.1) is 25.4 Å². The van der Waals surface area contributed by atoms with E-state index in [9.17, 15) is 18.9 Å². The fourth-order valence-corrected chi connectivity index (χ4v) is 22.4. The number of fused-ring (bicyclic) bond motifs is 10. The highest BCUT2D eigenvalue weighted by molar-refractivity contribution is 7.54. The summed E-state index contributed by atoms with van der Waals surface area (Å²) in [5, 5.41) is 17.0. The van der Waals surface area contributed by atoms with Crippen LogP contribution in [0, 0.1) is 139 Å². The second-order valence-corrected chi connectivity index (χ2v) is 30.6. The lowest BCUT2D eigenvalue weighted by atomic mass is 9.41. The van der Waals surface area contributed by atoms with E-state index >= 15 is 0 Å². The van der Waals surface area contributed by atoms with Crippen LogP contribution in [0.5, 0.6) is 0 Å². The maximum Gasteiger partial charge on any atom is 0.344 e. The molecule has 0 N–H and O–H groups in total. The number of nitrogens with zero attached hydrogens (tertiary/aromatic N) is 2. The minimum absolute atomic E-state index is 0.0692. The van der Waals surface area contributed by atoms with E-state index in [1.165, 1.54) is 109 Å². The first-order valence-corrected chi connectivity index (χ1v) is 34.3. The highest BCUT2D eigenvalue weighted by atomic mass is 31.2. The minimum Gasteiger partial charge on any atom is -0.462 e. The van der Waals surface area contributed by atoms with Gasteiger partial charge in [0.25, 0.3) is 0 Å². The van der Waals surface area contributed by atoms with Crippen molar-refractivity contribution in [3.63, 3.8) is 0 Å². The largest absolute Gasteiger partial charge is 0.462 e. The molecule has 0 bridgehead atoms. The van der Waals surface area contributed by atoms with Gasteiger partial charge in [-0.05, 0) is 228 Å². The van der Waals surface area contributed by atoms with E-state index in [1.807, 2.05) is 6.08 Å². The number of hydrogen-bond acceptors (Lipinski definition) is 10. The molecular weight excluding hydrogens is 1000 g/mol. The number of esters is 2. The molecule has 0 radical (unpaired) electrons. The summed E-state index contributed by atoms with van der Waals surface area (Å²) >= 11 is 0. The van der Waals surface area contributed by atoms with Crippen molar-refractivity contribution < 1.29 is 37.5 Å². The van der Waals surface area contributed by atoms with E-state index in [1.54, 1.807) is 39.8 Å². The van der Waals surface area contributed by atoms with Crippen LogP contribution in [0.25, 0.3) is 0 Å². The number of rotatable bonds is 19. The van der Waals surface area contributed by atoms with Gasteiger partial charge in [-0.15, -0.1) is 0 Å². The Morgan fingerprint density at radius 3 is 1.38 bits per heavy atom. The Balaban J connectivity index is 0.000000215. The first-order chi connectivity index (χ1) is 37.5. The minimum atomic E-state index is -3.08. The van der Waals surface area contributed by atoms with Crippen molar-refractivity contribution in [2.45, 2.75) is 250 Å². The lowest BCUT2D eigenvalue weighted by Crippen LogP contribution is -2.62. The molecular formula is C68H113N2O8P. The summed E-state index contributed by atoms with van der Waals surface area (Å²) in [4.78, 5) is 35.7. The monoisotopic (exact) mass is 1120 g/mol. The standard InChI is InChI=1S/C32H51NO2.C30H50O3.C6H12NO3P/c1-7-24-28-20-21(2)15-17-32(28,6)27-16-18-31(5)25(22(3)12-10-8-9-11-19-33)13-14-26(31)29(27)30(24)35-23(4)34;1-7-22-26-18-19(2)13-15-30(26,6)25-14-16-29(5)23(20(3)10-8-9-17-31)11-12-24(29)27(25)28(22)33-21(4)32;1-3-9-11(8,6-5-7)10-4-2/h9,11,21-22,24-30H,7-8,10,12-18,20H2,1-6H3;17,19-20,22-28H,7-16,18H2,1-6H3;3-4,6H2,1-2H3/b11-9+;;/t21-,22-,24-,25-,26+,27+,28+,29+,30-,31-,32-;19-,20-,22-,23-,24+,25+,26+,27+,28-,29-,30-;/m11./s1. The summed E-state index contributed by atoms with van der Waals surface area (Å²) in [6.07, 6.45) is 32.0. The zero-order valence-corrected chi connectivity index (χ0v) is 53.3. The van der Waals surface area contributed by atoms with Gasteiger partial charge in [-0.2, -0.15) is 10.5 Å². The molecule has 448 valence electrons. The molecule has 0 aliphatic heterocycles. The predicted octanol–water partition coefficient (Wildman–Crippen LogP) is 17.6. The number of ether oxygens (including phenoxy) is 2. The third kappa shape index (κ3) is 13.9. The topological polar surface area (TPSA) is 153 Å². The first kappa shape index (κ1) is 65.6. The summed E-state index contributed by atoms with van der Waals surface area (Å²) in [6, 6.07) is 3.88. The second-order valence-electron chi connectivity index (χ2n) is 28.6. The molecule has 0 saturated heterocycles. The van der Waals surface area contributed by atoms with Gasteiger partial charge in [0.15, 0.2) is 0 Å². The summed E-state index contributed by atoms with van der Waals surface area (Å²) in [7, 11) is -3.08. The molecule has 8 saturated carbocycles. The van der Waals surface area contributed by atoms with Crippen LogP contribution in [0.2, 0.25) is 0 Å². The molecule has 0 spiro atoms. The Hall–Kier alpha value is -2.52. The number of aldehydes is 1. The van der Waals surface area contributed by atoms with Crippen LogP contribution in [0.1, 0.15) is 238 Å². The smallest absolute Gasteiger partial charge is 0.344 e. The van der Waals surface area contributed by atoms with Crippen molar-refractivity contribution in [2.75, 3.05) is 19.4 Å². The van der Waals surface area contributed by atoms with Crippen LogP contribution in [0.15, 0.2) is 12.2 Å². The van der Waals surface area contributed by atoms with E-state index in [2.05, 4.69) is 75.3 Å². The summed E-state index contributed by atoms with van der Waals surface area (Å²) < 4.78 is 33.7. The van der Waals surface area contributed by atoms with Gasteiger partial charge in [0.1, 0.15) is 24.7 Å². The van der Waals surface area contributed by atoms with Gasteiger partial charge >= 0.3 is 19.5 Å². The Kier molecular flexibility index (Phi) is 23.6. The zero-order chi connectivity index (χ0) is 58.1. The van der Waals surface area contributed by atoms with Gasteiger partial charge in [0.2, 0.25) is 0 Å². The third-order valence-corrected chi connectivity index (χ3v) is 26.4. The zero-order valence-electron chi connectivity index (χ0n) is 52.4. The number of nitriles is 2. The van der Waals surface area contributed by atoms with Gasteiger partial charge in [-0.3, -0.25) is 14.2 Å². The second kappa shape index (κ2) is 28.4. The van der Waals surface area contributed by atoms with Crippen LogP contribution in [-0.4, -0.2) is 49.8 Å². The summed E-state index contributed by atoms with van der Waals surface area (Å²) in [5.41, 5.74) is 1.53. The van der Waals surface area contributed by atoms with Crippen LogP contribution in [-0.2, 0) is 37.5 Å². The van der Waals surface area contributed by atoms with Gasteiger partial charge in [-0.1, -0.05) is 101 Å². The fourth-order valence-electron chi connectivity index (χ4n) is 21.2. The summed E-state index contributed by atoms with van der Waals surface area (Å²) in [6.45, 7) is 32.3. The van der Waals surface area contributed by atoms with Crippen molar-refractivity contribution in [2.24, 2.45) is 116 Å². The van der Waals surface area contributed by atoms with Crippen molar-refractivity contribution in [1.29, 1.82) is 10.5 Å². The van der Waals surface area contributed by atoms with Crippen LogP contribution >= 0.6 is 7.60 Å². The van der Waals surface area contributed by atoms with E-state index in [4.69, 9.17) is 29.0 Å². The number of unbranched alkanes of at least 4 members (excludes halogenated alkanes) is 2. The number of allylic oxidation sites excluding steroid dienone is 2. The average Bonchev–Trinajstić information content (AvgIpc) is 3.64. The number of hydrogen-bond donors (Lipinski definition) is 0. The highest BCUT2D eigenvalue weighted by Crippen LogP contribution is 2.72. The van der Waals surface area contributed by atoms with Crippen molar-refractivity contribution >= 4 is 25.8 Å². The molecule has 10 nitrogen and oxygen atoms in total. The maximum atomic E-state index is 12.4. The van der Waals surface area contributed by atoms with Crippen molar-refractivity contribution in [3.05, 3.63) is 12.2 Å². The Bertz CT molecular complexity index is 2160. The van der Waals surface area contributed by atoms with E-state index in [-0.39, 0.29) is 30.3 Å². The molecule has 79 heavy (non-hydrogen) atoms. The Morgan fingerprint density at radius 2 is 1.01 bits per heavy atom. The Morgan fingerprint density at radius 1 is 0.608 bits per heavy atom. The Labute approximate surface area is 482 Å². The average molecular weight is 1120 g/mol.